The standard InChI is InChI=1S/C19H22ClN3O/c20-18-6-3-17(4-7-18)15-22-10-12-23(13-11-22)19(24)8-5-16-2-1-9-21-14-16/h1-4,6-7,9,14H,5,8,10-13,15H2. The molecule has 5 heteroatoms. The number of carbonyl (C=O) groups excluding carboxylic acids is 1. The molecule has 0 spiro atoms. The Kier molecular flexibility index (Phi) is 5.83. The van der Waals surface area contributed by atoms with Crippen molar-refractivity contribution in [3.8, 4) is 0 Å². The lowest BCUT2D eigenvalue weighted by atomic mass is 10.1. The summed E-state index contributed by atoms with van der Waals surface area (Å²) in [4.78, 5) is 20.8. The Morgan fingerprint density at radius 1 is 1.04 bits per heavy atom. The van der Waals surface area contributed by atoms with E-state index in [2.05, 4.69) is 22.0 Å². The third kappa shape index (κ3) is 4.79. The fourth-order valence-electron chi connectivity index (χ4n) is 2.96. The normalized spacial score (nSPS) is 15.5. The molecule has 0 radical (unpaired) electrons. The van der Waals surface area contributed by atoms with Crippen LogP contribution in [0.1, 0.15) is 17.5 Å². The second-order valence-electron chi connectivity index (χ2n) is 6.14. The van der Waals surface area contributed by atoms with E-state index < -0.39 is 0 Å². The minimum absolute atomic E-state index is 0.241. The van der Waals surface area contributed by atoms with Gasteiger partial charge in [-0.3, -0.25) is 14.7 Å². The number of hydrogen-bond acceptors (Lipinski definition) is 3. The number of aryl methyl sites for hydroxylation is 1. The number of carbonyl (C=O) groups is 1. The Balaban J connectivity index is 1.42. The van der Waals surface area contributed by atoms with Crippen LogP contribution >= 0.6 is 11.6 Å². The van der Waals surface area contributed by atoms with Crippen LogP contribution in [-0.2, 0) is 17.8 Å². The largest absolute Gasteiger partial charge is 0.340 e. The quantitative estimate of drug-likeness (QED) is 0.837. The summed E-state index contributed by atoms with van der Waals surface area (Å²) >= 11 is 5.92. The summed E-state index contributed by atoms with van der Waals surface area (Å²) in [5.41, 5.74) is 2.38. The molecule has 1 aliphatic heterocycles. The zero-order valence-corrected chi connectivity index (χ0v) is 14.5. The number of pyridine rings is 1. The average Bonchev–Trinajstić information content (AvgIpc) is 2.63. The van der Waals surface area contributed by atoms with Crippen molar-refractivity contribution in [2.45, 2.75) is 19.4 Å². The van der Waals surface area contributed by atoms with Crippen LogP contribution in [0.15, 0.2) is 48.8 Å². The van der Waals surface area contributed by atoms with E-state index in [1.807, 2.05) is 35.4 Å². The minimum atomic E-state index is 0.241. The molecule has 1 amide bonds. The first-order chi connectivity index (χ1) is 11.7. The van der Waals surface area contributed by atoms with Crippen molar-refractivity contribution in [2.24, 2.45) is 0 Å². The third-order valence-corrected chi connectivity index (χ3v) is 4.65. The predicted molar refractivity (Wildman–Crippen MR) is 95.9 cm³/mol. The van der Waals surface area contributed by atoms with Gasteiger partial charge in [0.15, 0.2) is 0 Å². The van der Waals surface area contributed by atoms with Crippen molar-refractivity contribution in [2.75, 3.05) is 26.2 Å². The van der Waals surface area contributed by atoms with Gasteiger partial charge in [-0.2, -0.15) is 0 Å². The topological polar surface area (TPSA) is 36.4 Å². The van der Waals surface area contributed by atoms with Crippen molar-refractivity contribution in [3.05, 3.63) is 64.9 Å². The predicted octanol–water partition coefficient (Wildman–Crippen LogP) is 3.01. The highest BCUT2D eigenvalue weighted by molar-refractivity contribution is 6.30. The Labute approximate surface area is 148 Å². The van der Waals surface area contributed by atoms with Crippen LogP contribution in [-0.4, -0.2) is 46.9 Å². The number of aromatic nitrogens is 1. The summed E-state index contributed by atoms with van der Waals surface area (Å²) in [5, 5.41) is 0.766. The molecular formula is C19H22ClN3O. The van der Waals surface area contributed by atoms with Gasteiger partial charge in [-0.15, -0.1) is 0 Å². The van der Waals surface area contributed by atoms with Gasteiger partial charge in [0.25, 0.3) is 0 Å². The van der Waals surface area contributed by atoms with E-state index in [-0.39, 0.29) is 5.91 Å². The van der Waals surface area contributed by atoms with E-state index in [4.69, 9.17) is 11.6 Å². The maximum atomic E-state index is 12.3. The Hall–Kier alpha value is -1.91. The lowest BCUT2D eigenvalue weighted by Crippen LogP contribution is -2.48. The van der Waals surface area contributed by atoms with Crippen LogP contribution in [0.4, 0.5) is 0 Å². The molecule has 1 fully saturated rings. The SMILES string of the molecule is O=C(CCc1cccnc1)N1CCN(Cc2ccc(Cl)cc2)CC1. The number of nitrogens with zero attached hydrogens (tertiary/aromatic N) is 3. The molecule has 1 aromatic heterocycles. The molecule has 1 aliphatic rings. The highest BCUT2D eigenvalue weighted by Crippen LogP contribution is 2.13. The number of rotatable bonds is 5. The monoisotopic (exact) mass is 343 g/mol. The summed E-state index contributed by atoms with van der Waals surface area (Å²) < 4.78 is 0. The first-order valence-corrected chi connectivity index (χ1v) is 8.72. The van der Waals surface area contributed by atoms with Crippen LogP contribution < -0.4 is 0 Å². The van der Waals surface area contributed by atoms with Gasteiger partial charge >= 0.3 is 0 Å². The van der Waals surface area contributed by atoms with E-state index in [1.165, 1.54) is 5.56 Å². The number of hydrogen-bond donors (Lipinski definition) is 0. The molecule has 2 aromatic rings. The van der Waals surface area contributed by atoms with Gasteiger partial charge in [-0.25, -0.2) is 0 Å². The van der Waals surface area contributed by atoms with Gasteiger partial charge in [-0.1, -0.05) is 29.8 Å². The van der Waals surface area contributed by atoms with Gasteiger partial charge in [0.2, 0.25) is 5.91 Å². The highest BCUT2D eigenvalue weighted by atomic mass is 35.5. The van der Waals surface area contributed by atoms with Crippen LogP contribution in [0.2, 0.25) is 5.02 Å². The summed E-state index contributed by atoms with van der Waals surface area (Å²) in [6, 6.07) is 11.9. The Morgan fingerprint density at radius 2 is 1.79 bits per heavy atom. The second kappa shape index (κ2) is 8.27. The lowest BCUT2D eigenvalue weighted by molar-refractivity contribution is -0.133. The molecule has 0 unspecified atom stereocenters. The van der Waals surface area contributed by atoms with E-state index in [0.717, 1.165) is 49.7 Å². The van der Waals surface area contributed by atoms with Gasteiger partial charge in [0, 0.05) is 56.6 Å². The first-order valence-electron chi connectivity index (χ1n) is 8.34. The lowest BCUT2D eigenvalue weighted by Gasteiger charge is -2.34. The first kappa shape index (κ1) is 16.9. The number of benzene rings is 1. The molecule has 0 N–H and O–H groups in total. The summed E-state index contributed by atoms with van der Waals surface area (Å²) in [5.74, 6) is 0.241. The van der Waals surface area contributed by atoms with E-state index in [1.54, 1.807) is 6.20 Å². The minimum Gasteiger partial charge on any atom is -0.340 e. The fourth-order valence-corrected chi connectivity index (χ4v) is 3.08. The molecule has 2 heterocycles. The van der Waals surface area contributed by atoms with E-state index in [9.17, 15) is 4.79 Å². The van der Waals surface area contributed by atoms with Crippen molar-refractivity contribution in [3.63, 3.8) is 0 Å². The molecule has 1 saturated heterocycles. The molecule has 3 rings (SSSR count). The second-order valence-corrected chi connectivity index (χ2v) is 6.58. The number of halogens is 1. The molecule has 0 atom stereocenters. The molecule has 0 saturated carbocycles. The Morgan fingerprint density at radius 3 is 2.46 bits per heavy atom. The van der Waals surface area contributed by atoms with Gasteiger partial charge in [0.05, 0.1) is 0 Å². The average molecular weight is 344 g/mol. The van der Waals surface area contributed by atoms with Gasteiger partial charge in [-0.05, 0) is 35.7 Å². The number of piperazine rings is 1. The summed E-state index contributed by atoms with van der Waals surface area (Å²) in [6.45, 7) is 4.36. The molecule has 1 aromatic carbocycles. The van der Waals surface area contributed by atoms with E-state index in [0.29, 0.717) is 6.42 Å². The van der Waals surface area contributed by atoms with Crippen LogP contribution in [0.25, 0.3) is 0 Å². The zero-order chi connectivity index (χ0) is 16.8. The molecule has 4 nitrogen and oxygen atoms in total. The van der Waals surface area contributed by atoms with Crippen molar-refractivity contribution >= 4 is 17.5 Å². The van der Waals surface area contributed by atoms with E-state index >= 15 is 0 Å². The van der Waals surface area contributed by atoms with Gasteiger partial charge in [0.1, 0.15) is 0 Å². The fraction of sp³-hybridized carbons (Fsp3) is 0.368. The molecule has 0 aliphatic carbocycles. The van der Waals surface area contributed by atoms with Crippen molar-refractivity contribution in [1.29, 1.82) is 0 Å². The van der Waals surface area contributed by atoms with Gasteiger partial charge < -0.3 is 4.90 Å². The Bertz CT molecular complexity index is 652. The number of amides is 1. The maximum Gasteiger partial charge on any atom is 0.222 e. The smallest absolute Gasteiger partial charge is 0.222 e. The third-order valence-electron chi connectivity index (χ3n) is 4.39. The molecule has 0 bridgehead atoms. The molecule has 126 valence electrons. The molecule has 24 heavy (non-hydrogen) atoms. The van der Waals surface area contributed by atoms with Crippen LogP contribution in [0, 0.1) is 0 Å². The summed E-state index contributed by atoms with van der Waals surface area (Å²) in [7, 11) is 0. The highest BCUT2D eigenvalue weighted by Gasteiger charge is 2.20. The van der Waals surface area contributed by atoms with Crippen LogP contribution in [0.5, 0.6) is 0 Å². The summed E-state index contributed by atoms with van der Waals surface area (Å²) in [6.07, 6.45) is 4.91. The zero-order valence-electron chi connectivity index (χ0n) is 13.7. The van der Waals surface area contributed by atoms with Crippen molar-refractivity contribution in [1.82, 2.24) is 14.8 Å². The maximum absolute atomic E-state index is 12.3. The van der Waals surface area contributed by atoms with Crippen molar-refractivity contribution < 1.29 is 4.79 Å². The molecular weight excluding hydrogens is 322 g/mol. The van der Waals surface area contributed by atoms with Crippen LogP contribution in [0.3, 0.4) is 0 Å².